The Balaban J connectivity index is 2.37. The second kappa shape index (κ2) is 6.47. The molecular formula is C16H17Cl2NO. The van der Waals surface area contributed by atoms with Gasteiger partial charge in [0.2, 0.25) is 5.88 Å². The lowest BCUT2D eigenvalue weighted by molar-refractivity contribution is 0.455. The van der Waals surface area contributed by atoms with Gasteiger partial charge in [-0.1, -0.05) is 31.5 Å². The van der Waals surface area contributed by atoms with Crippen molar-refractivity contribution in [1.29, 1.82) is 0 Å². The van der Waals surface area contributed by atoms with Crippen LogP contribution in [0.1, 0.15) is 36.6 Å². The first-order chi connectivity index (χ1) is 9.49. The van der Waals surface area contributed by atoms with Crippen molar-refractivity contribution in [1.82, 2.24) is 4.98 Å². The van der Waals surface area contributed by atoms with Crippen molar-refractivity contribution in [2.45, 2.75) is 32.6 Å². The Morgan fingerprint density at radius 1 is 1.20 bits per heavy atom. The quantitative estimate of drug-likeness (QED) is 0.676. The van der Waals surface area contributed by atoms with Crippen molar-refractivity contribution in [2.75, 3.05) is 0 Å². The molecule has 0 aliphatic heterocycles. The van der Waals surface area contributed by atoms with E-state index in [1.807, 2.05) is 31.2 Å². The van der Waals surface area contributed by atoms with Crippen LogP contribution in [-0.4, -0.2) is 4.98 Å². The number of aromatic nitrogens is 1. The molecule has 0 aliphatic carbocycles. The Morgan fingerprint density at radius 2 is 1.95 bits per heavy atom. The number of ether oxygens (including phenoxy) is 1. The maximum Gasteiger partial charge on any atom is 0.219 e. The SMILES string of the molecule is Cc1ccc(Cl)cc1Oc1cc(CCl)cc(C(C)C)n1. The minimum atomic E-state index is 0.320. The van der Waals surface area contributed by atoms with Gasteiger partial charge in [-0.3, -0.25) is 0 Å². The Morgan fingerprint density at radius 3 is 2.60 bits per heavy atom. The van der Waals surface area contributed by atoms with Crippen molar-refractivity contribution in [2.24, 2.45) is 0 Å². The average molecular weight is 310 g/mol. The van der Waals surface area contributed by atoms with E-state index in [1.54, 1.807) is 6.07 Å². The molecule has 0 atom stereocenters. The minimum Gasteiger partial charge on any atom is -0.439 e. The highest BCUT2D eigenvalue weighted by molar-refractivity contribution is 6.30. The molecule has 106 valence electrons. The zero-order valence-corrected chi connectivity index (χ0v) is 13.3. The summed E-state index contributed by atoms with van der Waals surface area (Å²) in [5, 5.41) is 0.642. The molecule has 0 fully saturated rings. The zero-order chi connectivity index (χ0) is 14.7. The molecule has 20 heavy (non-hydrogen) atoms. The summed E-state index contributed by atoms with van der Waals surface area (Å²) in [5.74, 6) is 2.03. The van der Waals surface area contributed by atoms with Crippen LogP contribution in [0.15, 0.2) is 30.3 Å². The molecule has 0 unspecified atom stereocenters. The molecule has 1 aromatic heterocycles. The number of pyridine rings is 1. The molecule has 0 bridgehead atoms. The van der Waals surface area contributed by atoms with Gasteiger partial charge in [-0.25, -0.2) is 4.98 Å². The maximum absolute atomic E-state index is 6.00. The van der Waals surface area contributed by atoms with E-state index < -0.39 is 0 Å². The van der Waals surface area contributed by atoms with Crippen LogP contribution < -0.4 is 4.74 Å². The standard InChI is InChI=1S/C16H17Cl2NO/c1-10(2)14-6-12(9-17)7-16(19-14)20-15-8-13(18)5-4-11(15)3/h4-8,10H,9H2,1-3H3. The Hall–Kier alpha value is -1.25. The molecule has 1 aromatic carbocycles. The number of benzene rings is 1. The Labute approximate surface area is 129 Å². The molecule has 0 radical (unpaired) electrons. The van der Waals surface area contributed by atoms with Gasteiger partial charge >= 0.3 is 0 Å². The number of hydrogen-bond acceptors (Lipinski definition) is 2. The number of halogens is 2. The summed E-state index contributed by atoms with van der Waals surface area (Å²) in [7, 11) is 0. The number of alkyl halides is 1. The maximum atomic E-state index is 6.00. The fourth-order valence-electron chi connectivity index (χ4n) is 1.80. The number of aryl methyl sites for hydroxylation is 1. The van der Waals surface area contributed by atoms with Crippen LogP contribution in [0.2, 0.25) is 5.02 Å². The van der Waals surface area contributed by atoms with E-state index in [0.29, 0.717) is 28.5 Å². The predicted molar refractivity (Wildman–Crippen MR) is 84.1 cm³/mol. The van der Waals surface area contributed by atoms with E-state index in [2.05, 4.69) is 18.8 Å². The van der Waals surface area contributed by atoms with Gasteiger partial charge in [-0.05, 0) is 42.2 Å². The Kier molecular flexibility index (Phi) is 4.90. The normalized spacial score (nSPS) is 10.9. The summed E-state index contributed by atoms with van der Waals surface area (Å²) in [4.78, 5) is 4.52. The first-order valence-electron chi connectivity index (χ1n) is 6.50. The molecule has 0 amide bonds. The van der Waals surface area contributed by atoms with Gasteiger partial charge in [-0.2, -0.15) is 0 Å². The van der Waals surface area contributed by atoms with Gasteiger partial charge in [0.05, 0.1) is 0 Å². The summed E-state index contributed by atoms with van der Waals surface area (Å²) < 4.78 is 5.87. The number of hydrogen-bond donors (Lipinski definition) is 0. The summed E-state index contributed by atoms with van der Waals surface area (Å²) in [5.41, 5.74) is 2.98. The van der Waals surface area contributed by atoms with Crippen LogP contribution in [0.4, 0.5) is 0 Å². The molecule has 2 rings (SSSR count). The van der Waals surface area contributed by atoms with Crippen molar-refractivity contribution in [3.05, 3.63) is 52.2 Å². The van der Waals surface area contributed by atoms with E-state index in [9.17, 15) is 0 Å². The summed E-state index contributed by atoms with van der Waals surface area (Å²) >= 11 is 11.9. The minimum absolute atomic E-state index is 0.320. The van der Waals surface area contributed by atoms with Gasteiger partial charge < -0.3 is 4.74 Å². The fourth-order valence-corrected chi connectivity index (χ4v) is 2.12. The fraction of sp³-hybridized carbons (Fsp3) is 0.312. The number of rotatable bonds is 4. The molecule has 0 spiro atoms. The molecule has 2 nitrogen and oxygen atoms in total. The summed E-state index contributed by atoms with van der Waals surface area (Å²) in [6.07, 6.45) is 0. The highest BCUT2D eigenvalue weighted by Crippen LogP contribution is 2.29. The third kappa shape index (κ3) is 3.65. The van der Waals surface area contributed by atoms with E-state index in [-0.39, 0.29) is 0 Å². The second-order valence-corrected chi connectivity index (χ2v) is 5.74. The van der Waals surface area contributed by atoms with Crippen LogP contribution in [0.5, 0.6) is 11.6 Å². The van der Waals surface area contributed by atoms with Gasteiger partial charge in [0.25, 0.3) is 0 Å². The molecule has 0 saturated carbocycles. The first kappa shape index (κ1) is 15.1. The van der Waals surface area contributed by atoms with Crippen molar-refractivity contribution in [3.63, 3.8) is 0 Å². The molecule has 1 heterocycles. The van der Waals surface area contributed by atoms with E-state index in [0.717, 1.165) is 16.8 Å². The van der Waals surface area contributed by atoms with E-state index in [4.69, 9.17) is 27.9 Å². The molecular weight excluding hydrogens is 293 g/mol. The van der Waals surface area contributed by atoms with E-state index >= 15 is 0 Å². The largest absolute Gasteiger partial charge is 0.439 e. The van der Waals surface area contributed by atoms with Crippen LogP contribution in [0.3, 0.4) is 0 Å². The Bertz CT molecular complexity index is 611. The second-order valence-electron chi connectivity index (χ2n) is 5.04. The van der Waals surface area contributed by atoms with Gasteiger partial charge in [-0.15, -0.1) is 11.6 Å². The van der Waals surface area contributed by atoms with E-state index in [1.165, 1.54) is 0 Å². The highest BCUT2D eigenvalue weighted by atomic mass is 35.5. The summed E-state index contributed by atoms with van der Waals surface area (Å²) in [6.45, 7) is 6.16. The van der Waals surface area contributed by atoms with Gasteiger partial charge in [0, 0.05) is 22.7 Å². The third-order valence-corrected chi connectivity index (χ3v) is 3.54. The summed E-state index contributed by atoms with van der Waals surface area (Å²) in [6, 6.07) is 9.42. The molecule has 0 saturated heterocycles. The molecule has 0 aliphatic rings. The highest BCUT2D eigenvalue weighted by Gasteiger charge is 2.09. The van der Waals surface area contributed by atoms with Crippen molar-refractivity contribution >= 4 is 23.2 Å². The van der Waals surface area contributed by atoms with Gasteiger partial charge in [0.15, 0.2) is 0 Å². The molecule has 4 heteroatoms. The number of nitrogens with zero attached hydrogens (tertiary/aromatic N) is 1. The lowest BCUT2D eigenvalue weighted by atomic mass is 10.1. The average Bonchev–Trinajstić information content (AvgIpc) is 2.42. The van der Waals surface area contributed by atoms with Crippen LogP contribution >= 0.6 is 23.2 Å². The molecule has 0 N–H and O–H groups in total. The topological polar surface area (TPSA) is 22.1 Å². The smallest absolute Gasteiger partial charge is 0.219 e. The lowest BCUT2D eigenvalue weighted by Crippen LogP contribution is -1.98. The van der Waals surface area contributed by atoms with Crippen LogP contribution in [0, 0.1) is 6.92 Å². The van der Waals surface area contributed by atoms with Crippen LogP contribution in [-0.2, 0) is 5.88 Å². The van der Waals surface area contributed by atoms with Crippen LogP contribution in [0.25, 0.3) is 0 Å². The monoisotopic (exact) mass is 309 g/mol. The predicted octanol–water partition coefficient (Wildman–Crippen LogP) is 5.70. The zero-order valence-electron chi connectivity index (χ0n) is 11.8. The van der Waals surface area contributed by atoms with Crippen molar-refractivity contribution < 1.29 is 4.74 Å². The first-order valence-corrected chi connectivity index (χ1v) is 7.41. The van der Waals surface area contributed by atoms with Gasteiger partial charge in [0.1, 0.15) is 5.75 Å². The molecule has 2 aromatic rings. The lowest BCUT2D eigenvalue weighted by Gasteiger charge is -2.12. The van der Waals surface area contributed by atoms with Crippen molar-refractivity contribution in [3.8, 4) is 11.6 Å². The third-order valence-electron chi connectivity index (χ3n) is 2.99.